The van der Waals surface area contributed by atoms with Crippen LogP contribution >= 0.6 is 12.2 Å². The summed E-state index contributed by atoms with van der Waals surface area (Å²) in [5, 5.41) is 2.79. The van der Waals surface area contributed by atoms with Crippen LogP contribution in [0.2, 0.25) is 0 Å². The van der Waals surface area contributed by atoms with Crippen LogP contribution in [0.15, 0.2) is 0 Å². The number of carbonyl (C=O) groups excluding carboxylic acids is 2. The van der Waals surface area contributed by atoms with Crippen LogP contribution in [-0.4, -0.2) is 30.0 Å². The van der Waals surface area contributed by atoms with Gasteiger partial charge in [0.15, 0.2) is 0 Å². The second-order valence-electron chi connectivity index (χ2n) is 4.32. The van der Waals surface area contributed by atoms with Crippen molar-refractivity contribution in [3.8, 4) is 0 Å². The third-order valence-electron chi connectivity index (χ3n) is 3.26. The number of thiocarbonyl (C=S) groups is 1. The Morgan fingerprint density at radius 2 is 1.84 bits per heavy atom. The molecule has 0 saturated heterocycles. The summed E-state index contributed by atoms with van der Waals surface area (Å²) in [7, 11) is 0. The summed E-state index contributed by atoms with van der Waals surface area (Å²) in [6.07, 6.45) is 1.99. The number of hydrogen-bond donors (Lipinski definition) is 2. The Kier molecular flexibility index (Phi) is 8.30. The molecule has 0 aromatic heterocycles. The number of nitrogens with one attached hydrogen (secondary N) is 1. The van der Waals surface area contributed by atoms with Crippen molar-refractivity contribution in [1.82, 2.24) is 5.32 Å². The van der Waals surface area contributed by atoms with E-state index in [0.717, 1.165) is 0 Å². The molecule has 0 aromatic carbocycles. The molecule has 3 N–H and O–H groups in total. The smallest absolute Gasteiger partial charge is 0.305 e. The summed E-state index contributed by atoms with van der Waals surface area (Å²) in [6.45, 7) is 6.34. The average Bonchev–Trinajstić information content (AvgIpc) is 2.36. The molecule has 5 nitrogen and oxygen atoms in total. The molecule has 0 rings (SSSR count). The van der Waals surface area contributed by atoms with E-state index < -0.39 is 5.41 Å². The molecule has 0 atom stereocenters. The first-order valence-corrected chi connectivity index (χ1v) is 7.09. The van der Waals surface area contributed by atoms with Crippen LogP contribution in [0.1, 0.15) is 46.5 Å². The van der Waals surface area contributed by atoms with E-state index in [2.05, 4.69) is 5.32 Å². The number of ether oxygens (including phenoxy) is 1. The van der Waals surface area contributed by atoms with E-state index in [1.165, 1.54) is 0 Å². The van der Waals surface area contributed by atoms with Crippen molar-refractivity contribution in [2.75, 3.05) is 13.2 Å². The van der Waals surface area contributed by atoms with E-state index in [1.807, 2.05) is 13.8 Å². The van der Waals surface area contributed by atoms with Gasteiger partial charge in [0.25, 0.3) is 0 Å². The van der Waals surface area contributed by atoms with Gasteiger partial charge in [-0.25, -0.2) is 0 Å². The summed E-state index contributed by atoms with van der Waals surface area (Å²) in [5.74, 6) is -0.405. The summed E-state index contributed by atoms with van der Waals surface area (Å²) in [6, 6.07) is 0. The van der Waals surface area contributed by atoms with Crippen molar-refractivity contribution in [3.05, 3.63) is 0 Å². The topological polar surface area (TPSA) is 81.4 Å². The second-order valence-corrected chi connectivity index (χ2v) is 4.76. The zero-order valence-electron chi connectivity index (χ0n) is 12.0. The predicted molar refractivity (Wildman–Crippen MR) is 78.7 cm³/mol. The summed E-state index contributed by atoms with van der Waals surface area (Å²) < 4.78 is 4.80. The fraction of sp³-hybridized carbons (Fsp3) is 0.769. The maximum Gasteiger partial charge on any atom is 0.305 e. The number of carbonyl (C=O) groups is 2. The predicted octanol–water partition coefficient (Wildman–Crippen LogP) is 1.54. The maximum atomic E-state index is 12.1. The molecule has 6 heteroatoms. The first kappa shape index (κ1) is 17.8. The van der Waals surface area contributed by atoms with Gasteiger partial charge >= 0.3 is 5.97 Å². The minimum atomic E-state index is -0.779. The zero-order valence-corrected chi connectivity index (χ0v) is 12.8. The fourth-order valence-corrected chi connectivity index (χ4v) is 2.25. The van der Waals surface area contributed by atoms with Gasteiger partial charge in [-0.3, -0.25) is 9.59 Å². The Balaban J connectivity index is 4.22. The number of rotatable bonds is 9. The van der Waals surface area contributed by atoms with Gasteiger partial charge in [0, 0.05) is 13.0 Å². The van der Waals surface area contributed by atoms with Crippen LogP contribution in [-0.2, 0) is 14.3 Å². The SMILES string of the molecule is CCOC(=O)CCCNC(=O)C(CC)(CC)C(N)=S. The van der Waals surface area contributed by atoms with Crippen molar-refractivity contribution in [3.63, 3.8) is 0 Å². The molecule has 0 bridgehead atoms. The molecular weight excluding hydrogens is 264 g/mol. The Morgan fingerprint density at radius 3 is 2.26 bits per heavy atom. The Morgan fingerprint density at radius 1 is 1.26 bits per heavy atom. The lowest BCUT2D eigenvalue weighted by molar-refractivity contribution is -0.143. The lowest BCUT2D eigenvalue weighted by atomic mass is 9.81. The van der Waals surface area contributed by atoms with Crippen molar-refractivity contribution in [2.45, 2.75) is 46.5 Å². The first-order chi connectivity index (χ1) is 8.94. The van der Waals surface area contributed by atoms with Crippen LogP contribution in [0.4, 0.5) is 0 Å². The van der Waals surface area contributed by atoms with Gasteiger partial charge in [0.1, 0.15) is 0 Å². The number of hydrogen-bond acceptors (Lipinski definition) is 4. The molecule has 19 heavy (non-hydrogen) atoms. The molecule has 0 aliphatic heterocycles. The molecule has 0 saturated carbocycles. The van der Waals surface area contributed by atoms with Gasteiger partial charge in [-0.2, -0.15) is 0 Å². The van der Waals surface area contributed by atoms with Crippen LogP contribution in [0.3, 0.4) is 0 Å². The van der Waals surface area contributed by atoms with Crippen molar-refractivity contribution < 1.29 is 14.3 Å². The molecule has 0 spiro atoms. The van der Waals surface area contributed by atoms with Crippen molar-refractivity contribution in [2.24, 2.45) is 11.1 Å². The van der Waals surface area contributed by atoms with E-state index in [-0.39, 0.29) is 16.9 Å². The second kappa shape index (κ2) is 8.85. The largest absolute Gasteiger partial charge is 0.466 e. The highest BCUT2D eigenvalue weighted by molar-refractivity contribution is 7.80. The van der Waals surface area contributed by atoms with Crippen LogP contribution in [0.5, 0.6) is 0 Å². The molecular formula is C13H24N2O3S. The summed E-state index contributed by atoms with van der Waals surface area (Å²) >= 11 is 5.00. The molecule has 0 aliphatic carbocycles. The number of esters is 1. The summed E-state index contributed by atoms with van der Waals surface area (Å²) in [4.78, 5) is 23.5. The number of nitrogens with two attached hydrogens (primary N) is 1. The van der Waals surface area contributed by atoms with Gasteiger partial charge in [-0.05, 0) is 26.2 Å². The van der Waals surface area contributed by atoms with Crippen molar-refractivity contribution in [1.29, 1.82) is 0 Å². The van der Waals surface area contributed by atoms with E-state index in [4.69, 9.17) is 22.7 Å². The number of amides is 1. The van der Waals surface area contributed by atoms with E-state index in [1.54, 1.807) is 6.92 Å². The summed E-state index contributed by atoms with van der Waals surface area (Å²) in [5.41, 5.74) is 4.90. The van der Waals surface area contributed by atoms with Gasteiger partial charge in [0.2, 0.25) is 5.91 Å². The van der Waals surface area contributed by atoms with Gasteiger partial charge in [-0.15, -0.1) is 0 Å². The zero-order chi connectivity index (χ0) is 14.9. The minimum absolute atomic E-state index is 0.158. The standard InChI is InChI=1S/C13H24N2O3S/c1-4-13(5-2,11(14)19)12(17)15-9-7-8-10(16)18-6-3/h4-9H2,1-3H3,(H2,14,19)(H,15,17). The van der Waals surface area contributed by atoms with Gasteiger partial charge in [-0.1, -0.05) is 26.1 Å². The molecule has 110 valence electrons. The van der Waals surface area contributed by atoms with Crippen LogP contribution in [0.25, 0.3) is 0 Å². The Bertz CT molecular complexity index is 328. The lowest BCUT2D eigenvalue weighted by Crippen LogP contribution is -2.48. The van der Waals surface area contributed by atoms with E-state index in [0.29, 0.717) is 38.8 Å². The molecule has 1 amide bonds. The van der Waals surface area contributed by atoms with Crippen molar-refractivity contribution >= 4 is 29.1 Å². The average molecular weight is 288 g/mol. The highest BCUT2D eigenvalue weighted by Crippen LogP contribution is 2.27. The first-order valence-electron chi connectivity index (χ1n) is 6.68. The minimum Gasteiger partial charge on any atom is -0.466 e. The normalized spacial score (nSPS) is 10.9. The molecule has 0 unspecified atom stereocenters. The Labute approximate surface area is 120 Å². The van der Waals surface area contributed by atoms with Gasteiger partial charge in [0.05, 0.1) is 17.0 Å². The monoisotopic (exact) mass is 288 g/mol. The fourth-order valence-electron chi connectivity index (χ4n) is 1.87. The third kappa shape index (κ3) is 5.14. The van der Waals surface area contributed by atoms with Gasteiger partial charge < -0.3 is 15.8 Å². The highest BCUT2D eigenvalue weighted by Gasteiger charge is 2.37. The third-order valence-corrected chi connectivity index (χ3v) is 3.65. The molecule has 0 heterocycles. The van der Waals surface area contributed by atoms with E-state index in [9.17, 15) is 9.59 Å². The van der Waals surface area contributed by atoms with Crippen LogP contribution in [0, 0.1) is 5.41 Å². The quantitative estimate of drug-likeness (QED) is 0.382. The van der Waals surface area contributed by atoms with E-state index >= 15 is 0 Å². The molecule has 0 aliphatic rings. The van der Waals surface area contributed by atoms with Crippen LogP contribution < -0.4 is 11.1 Å². The lowest BCUT2D eigenvalue weighted by Gasteiger charge is -2.28. The molecule has 0 fully saturated rings. The Hall–Kier alpha value is -1.17. The molecule has 0 aromatic rings. The molecule has 0 radical (unpaired) electrons. The highest BCUT2D eigenvalue weighted by atomic mass is 32.1. The maximum absolute atomic E-state index is 12.1.